The molecule has 1 aromatic heterocycles. The van der Waals surface area contributed by atoms with Crippen LogP contribution in [0.5, 0.6) is 0 Å². The van der Waals surface area contributed by atoms with Gasteiger partial charge >= 0.3 is 12.1 Å². The van der Waals surface area contributed by atoms with Crippen molar-refractivity contribution in [2.45, 2.75) is 45.3 Å². The molecular formula is C16H20BrN3O5. The number of rotatable bonds is 4. The molecule has 1 aliphatic rings. The molecule has 8 nitrogen and oxygen atoms in total. The van der Waals surface area contributed by atoms with Crippen molar-refractivity contribution in [1.82, 2.24) is 15.1 Å². The lowest BCUT2D eigenvalue weighted by Gasteiger charge is -2.27. The van der Waals surface area contributed by atoms with Crippen molar-refractivity contribution >= 4 is 33.8 Å². The molecule has 1 aromatic rings. The van der Waals surface area contributed by atoms with E-state index in [1.807, 2.05) is 0 Å². The van der Waals surface area contributed by atoms with Gasteiger partial charge in [0.2, 0.25) is 5.78 Å². The predicted octanol–water partition coefficient (Wildman–Crippen LogP) is 2.36. The molecule has 1 atom stereocenters. The summed E-state index contributed by atoms with van der Waals surface area (Å²) in [5.41, 5.74) is -0.545. The van der Waals surface area contributed by atoms with Gasteiger partial charge in [0.1, 0.15) is 21.9 Å². The summed E-state index contributed by atoms with van der Waals surface area (Å²) >= 11 is 3.12. The maximum atomic E-state index is 12.2. The van der Waals surface area contributed by atoms with Gasteiger partial charge in [-0.2, -0.15) is 0 Å². The van der Waals surface area contributed by atoms with Crippen LogP contribution in [0, 0.1) is 0 Å². The van der Waals surface area contributed by atoms with Crippen LogP contribution in [0.2, 0.25) is 0 Å². The summed E-state index contributed by atoms with van der Waals surface area (Å²) in [6.45, 7) is 5.24. The standard InChI is InChI=1S/C16H20BrN3O5/c1-16(2,3)25-15(23)20-8-4-5-11(20)14(22)24-9-12(21)10-6-7-13(17)19-18-10/h6-7,11H,4-5,8-9H2,1-3H3/t11-/m0/s1. The van der Waals surface area contributed by atoms with E-state index in [-0.39, 0.29) is 5.69 Å². The van der Waals surface area contributed by atoms with Gasteiger partial charge in [0.05, 0.1) is 0 Å². The fraction of sp³-hybridized carbons (Fsp3) is 0.562. The first-order valence-electron chi connectivity index (χ1n) is 7.86. The Hall–Kier alpha value is -2.03. The smallest absolute Gasteiger partial charge is 0.411 e. The van der Waals surface area contributed by atoms with Gasteiger partial charge in [-0.15, -0.1) is 10.2 Å². The summed E-state index contributed by atoms with van der Waals surface area (Å²) in [5, 5.41) is 7.42. The molecule has 2 rings (SSSR count). The highest BCUT2D eigenvalue weighted by Gasteiger charge is 2.37. The third kappa shape index (κ3) is 5.48. The highest BCUT2D eigenvalue weighted by molar-refractivity contribution is 9.10. The van der Waals surface area contributed by atoms with Crippen molar-refractivity contribution < 1.29 is 23.9 Å². The SMILES string of the molecule is CC(C)(C)OC(=O)N1CCC[C@H]1C(=O)OCC(=O)c1ccc(Br)nn1. The van der Waals surface area contributed by atoms with Gasteiger partial charge in [-0.3, -0.25) is 9.69 Å². The van der Waals surface area contributed by atoms with Crippen molar-refractivity contribution in [3.8, 4) is 0 Å². The molecular weight excluding hydrogens is 394 g/mol. The number of esters is 1. The minimum atomic E-state index is -0.737. The van der Waals surface area contributed by atoms with Gasteiger partial charge in [-0.1, -0.05) is 0 Å². The lowest BCUT2D eigenvalue weighted by Crippen LogP contribution is -2.44. The zero-order valence-electron chi connectivity index (χ0n) is 14.3. The third-order valence-electron chi connectivity index (χ3n) is 3.42. The molecule has 0 unspecified atom stereocenters. The number of aromatic nitrogens is 2. The number of ketones is 1. The van der Waals surface area contributed by atoms with Gasteiger partial charge in [0, 0.05) is 6.54 Å². The molecule has 9 heteroatoms. The minimum absolute atomic E-state index is 0.103. The van der Waals surface area contributed by atoms with E-state index in [4.69, 9.17) is 9.47 Å². The van der Waals surface area contributed by atoms with Crippen molar-refractivity contribution in [1.29, 1.82) is 0 Å². The molecule has 2 heterocycles. The van der Waals surface area contributed by atoms with Crippen LogP contribution < -0.4 is 0 Å². The van der Waals surface area contributed by atoms with E-state index in [9.17, 15) is 14.4 Å². The summed E-state index contributed by atoms with van der Waals surface area (Å²) in [5.74, 6) is -1.09. The molecule has 0 aliphatic carbocycles. The number of carbonyl (C=O) groups is 3. The normalized spacial score (nSPS) is 17.3. The predicted molar refractivity (Wildman–Crippen MR) is 91.0 cm³/mol. The molecule has 25 heavy (non-hydrogen) atoms. The van der Waals surface area contributed by atoms with Crippen LogP contribution in [-0.4, -0.2) is 57.7 Å². The largest absolute Gasteiger partial charge is 0.456 e. The van der Waals surface area contributed by atoms with Gasteiger partial charge in [-0.05, 0) is 61.7 Å². The Morgan fingerprint density at radius 2 is 2.00 bits per heavy atom. The first kappa shape index (κ1) is 19.3. The molecule has 0 saturated carbocycles. The monoisotopic (exact) mass is 413 g/mol. The van der Waals surface area contributed by atoms with Crippen molar-refractivity contribution in [2.24, 2.45) is 0 Å². The number of amides is 1. The fourth-order valence-electron chi connectivity index (χ4n) is 2.32. The van der Waals surface area contributed by atoms with E-state index in [1.54, 1.807) is 26.8 Å². The molecule has 0 aromatic carbocycles. The van der Waals surface area contributed by atoms with E-state index in [1.165, 1.54) is 11.0 Å². The summed E-state index contributed by atoms with van der Waals surface area (Å²) in [4.78, 5) is 37.7. The molecule has 0 N–H and O–H groups in total. The van der Waals surface area contributed by atoms with Gasteiger partial charge in [0.25, 0.3) is 0 Å². The molecule has 1 fully saturated rings. The Morgan fingerprint density at radius 1 is 1.28 bits per heavy atom. The van der Waals surface area contributed by atoms with Gasteiger partial charge in [-0.25, -0.2) is 9.59 Å². The fourth-order valence-corrected chi connectivity index (χ4v) is 2.53. The zero-order chi connectivity index (χ0) is 18.6. The molecule has 1 amide bonds. The molecule has 1 saturated heterocycles. The Kier molecular flexibility index (Phi) is 6.10. The Labute approximate surface area is 154 Å². The molecule has 0 radical (unpaired) electrons. The quantitative estimate of drug-likeness (QED) is 0.551. The highest BCUT2D eigenvalue weighted by atomic mass is 79.9. The summed E-state index contributed by atoms with van der Waals surface area (Å²) < 4.78 is 10.9. The van der Waals surface area contributed by atoms with E-state index in [0.29, 0.717) is 24.0 Å². The number of carbonyl (C=O) groups excluding carboxylic acids is 3. The van der Waals surface area contributed by atoms with Crippen molar-refractivity contribution in [3.63, 3.8) is 0 Å². The van der Waals surface area contributed by atoms with Crippen LogP contribution in [-0.2, 0) is 14.3 Å². The van der Waals surface area contributed by atoms with Gasteiger partial charge in [0.15, 0.2) is 6.61 Å². The van der Waals surface area contributed by atoms with E-state index < -0.39 is 36.1 Å². The first-order chi connectivity index (χ1) is 11.7. The maximum absolute atomic E-state index is 12.2. The summed E-state index contributed by atoms with van der Waals surface area (Å²) in [6, 6.07) is 2.32. The number of hydrogen-bond acceptors (Lipinski definition) is 7. The second-order valence-electron chi connectivity index (χ2n) is 6.60. The number of Topliss-reactive ketones (excluding diaryl/α,β-unsaturated/α-hetero) is 1. The van der Waals surface area contributed by atoms with E-state index >= 15 is 0 Å². The average molecular weight is 414 g/mol. The summed E-state index contributed by atoms with van der Waals surface area (Å²) in [6.07, 6.45) is 0.590. The van der Waals surface area contributed by atoms with Crippen LogP contribution in [0.1, 0.15) is 44.1 Å². The molecule has 1 aliphatic heterocycles. The first-order valence-corrected chi connectivity index (χ1v) is 8.65. The van der Waals surface area contributed by atoms with Crippen LogP contribution in [0.25, 0.3) is 0 Å². The van der Waals surface area contributed by atoms with Crippen LogP contribution >= 0.6 is 15.9 Å². The second kappa shape index (κ2) is 7.90. The number of nitrogens with zero attached hydrogens (tertiary/aromatic N) is 3. The Morgan fingerprint density at radius 3 is 2.60 bits per heavy atom. The van der Waals surface area contributed by atoms with Gasteiger partial charge < -0.3 is 9.47 Å². The maximum Gasteiger partial charge on any atom is 0.411 e. The van der Waals surface area contributed by atoms with E-state index in [2.05, 4.69) is 26.1 Å². The van der Waals surface area contributed by atoms with E-state index in [0.717, 1.165) is 0 Å². The molecule has 0 bridgehead atoms. The third-order valence-corrected chi connectivity index (χ3v) is 3.84. The number of halogens is 1. The number of ether oxygens (including phenoxy) is 2. The molecule has 0 spiro atoms. The van der Waals surface area contributed by atoms with Crippen molar-refractivity contribution in [3.05, 3.63) is 22.4 Å². The van der Waals surface area contributed by atoms with Crippen LogP contribution in [0.15, 0.2) is 16.7 Å². The lowest BCUT2D eigenvalue weighted by molar-refractivity contribution is -0.147. The number of likely N-dealkylation sites (tertiary alicyclic amines) is 1. The summed E-state index contributed by atoms with van der Waals surface area (Å²) in [7, 11) is 0. The topological polar surface area (TPSA) is 98.7 Å². The minimum Gasteiger partial charge on any atom is -0.456 e. The van der Waals surface area contributed by atoms with Crippen LogP contribution in [0.3, 0.4) is 0 Å². The number of hydrogen-bond donors (Lipinski definition) is 0. The zero-order valence-corrected chi connectivity index (χ0v) is 15.9. The lowest BCUT2D eigenvalue weighted by atomic mass is 10.2. The Bertz CT molecular complexity index is 657. The second-order valence-corrected chi connectivity index (χ2v) is 7.42. The average Bonchev–Trinajstić information content (AvgIpc) is 3.01. The highest BCUT2D eigenvalue weighted by Crippen LogP contribution is 2.21. The van der Waals surface area contributed by atoms with Crippen molar-refractivity contribution in [2.75, 3.05) is 13.2 Å². The Balaban J connectivity index is 1.92. The molecule has 136 valence electrons. The van der Waals surface area contributed by atoms with Crippen LogP contribution in [0.4, 0.5) is 4.79 Å².